The average molecular weight is 548 g/mol. The number of aryl methyl sites for hydroxylation is 1. The number of allylic oxidation sites excluding steroid dienone is 4. The second kappa shape index (κ2) is 13.9. The standard InChI is InChI=1S/C28H28ClN5OS.C2H6/c1-5-8-21(9-6-2)36-22-14-15-25-23(16-22)27(19-10-12-20(29)13-11-19)31-24(17-26(35)30-7-3)28-33-32-18(4)34(25)28;1-2/h5-6,8-16,24H,1,7,17H2,2-4H3,(H,30,35);1-2H3/b9-6-,21-8+;/t24-;/m0./s1. The van der Waals surface area contributed by atoms with Crippen LogP contribution >= 0.6 is 23.4 Å². The van der Waals surface area contributed by atoms with E-state index in [9.17, 15) is 4.79 Å². The first kappa shape index (κ1) is 29.1. The van der Waals surface area contributed by atoms with Crippen molar-refractivity contribution in [2.75, 3.05) is 6.54 Å². The summed E-state index contributed by atoms with van der Waals surface area (Å²) in [6, 6.07) is 13.4. The highest BCUT2D eigenvalue weighted by Crippen LogP contribution is 2.36. The molecule has 0 unspecified atom stereocenters. The quantitative estimate of drug-likeness (QED) is 0.235. The first-order valence-corrected chi connectivity index (χ1v) is 13.9. The third kappa shape index (κ3) is 6.71. The summed E-state index contributed by atoms with van der Waals surface area (Å²) in [6.07, 6.45) is 7.99. The Bertz CT molecular complexity index is 1370. The number of hydrogen-bond acceptors (Lipinski definition) is 5. The maximum absolute atomic E-state index is 12.6. The van der Waals surface area contributed by atoms with E-state index in [4.69, 9.17) is 16.6 Å². The van der Waals surface area contributed by atoms with E-state index in [2.05, 4.69) is 46.4 Å². The number of amides is 1. The Morgan fingerprint density at radius 2 is 1.92 bits per heavy atom. The molecule has 0 radical (unpaired) electrons. The number of carbonyl (C=O) groups excluding carboxylic acids is 1. The lowest BCUT2D eigenvalue weighted by atomic mass is 10.0. The number of nitrogens with zero attached hydrogens (tertiary/aromatic N) is 4. The van der Waals surface area contributed by atoms with Crippen LogP contribution in [-0.2, 0) is 4.79 Å². The number of carbonyl (C=O) groups is 1. The predicted octanol–water partition coefficient (Wildman–Crippen LogP) is 7.41. The average Bonchev–Trinajstić information content (AvgIpc) is 3.23. The summed E-state index contributed by atoms with van der Waals surface area (Å²) >= 11 is 7.84. The molecule has 1 atom stereocenters. The molecule has 0 spiro atoms. The SMILES string of the molecule is C=C/C=C(\C=C/C)Sc1ccc2c(c1)C(c1ccc(Cl)cc1)=N[C@@H](CC(=O)NCC)c1nnc(C)n1-2.CC. The van der Waals surface area contributed by atoms with Crippen LogP contribution in [0.4, 0.5) is 0 Å². The van der Waals surface area contributed by atoms with E-state index in [1.807, 2.05) is 75.6 Å². The Morgan fingerprint density at radius 1 is 1.18 bits per heavy atom. The molecule has 2 heterocycles. The van der Waals surface area contributed by atoms with Crippen molar-refractivity contribution < 1.29 is 4.79 Å². The highest BCUT2D eigenvalue weighted by molar-refractivity contribution is 8.03. The van der Waals surface area contributed by atoms with Gasteiger partial charge in [-0.15, -0.1) is 10.2 Å². The Labute approximate surface area is 234 Å². The third-order valence-corrected chi connectivity index (χ3v) is 6.87. The number of nitrogens with one attached hydrogen (secondary N) is 1. The van der Waals surface area contributed by atoms with E-state index < -0.39 is 6.04 Å². The lowest BCUT2D eigenvalue weighted by Gasteiger charge is -2.14. The van der Waals surface area contributed by atoms with Crippen molar-refractivity contribution in [1.29, 1.82) is 0 Å². The zero-order valence-corrected chi connectivity index (χ0v) is 24.1. The number of hydrogen-bond donors (Lipinski definition) is 1. The number of rotatable bonds is 8. The fourth-order valence-corrected chi connectivity index (χ4v) is 5.18. The second-order valence-electron chi connectivity index (χ2n) is 8.18. The van der Waals surface area contributed by atoms with Gasteiger partial charge in [-0.2, -0.15) is 0 Å². The minimum absolute atomic E-state index is 0.0818. The first-order valence-electron chi connectivity index (χ1n) is 12.8. The van der Waals surface area contributed by atoms with Crippen molar-refractivity contribution >= 4 is 35.0 Å². The number of thioether (sulfide) groups is 1. The fraction of sp³-hybridized carbons (Fsp3) is 0.267. The van der Waals surface area contributed by atoms with Gasteiger partial charge in [0.2, 0.25) is 5.91 Å². The summed E-state index contributed by atoms with van der Waals surface area (Å²) in [5, 5.41) is 12.3. The minimum atomic E-state index is -0.494. The van der Waals surface area contributed by atoms with Crippen LogP contribution < -0.4 is 5.32 Å². The van der Waals surface area contributed by atoms with Crippen LogP contribution in [0.2, 0.25) is 5.02 Å². The van der Waals surface area contributed by atoms with E-state index in [-0.39, 0.29) is 12.3 Å². The van der Waals surface area contributed by atoms with E-state index >= 15 is 0 Å². The number of aliphatic imine (C=N–C) groups is 1. The van der Waals surface area contributed by atoms with Gasteiger partial charge in [0.25, 0.3) is 0 Å². The molecule has 0 saturated carbocycles. The molecular weight excluding hydrogens is 514 g/mol. The third-order valence-electron chi connectivity index (χ3n) is 5.62. The van der Waals surface area contributed by atoms with Crippen LogP contribution in [0.1, 0.15) is 62.9 Å². The van der Waals surface area contributed by atoms with E-state index in [1.54, 1.807) is 17.8 Å². The summed E-state index contributed by atoms with van der Waals surface area (Å²) in [5.41, 5.74) is 3.55. The molecular formula is C30H34ClN5OS. The Morgan fingerprint density at radius 3 is 2.58 bits per heavy atom. The van der Waals surface area contributed by atoms with Gasteiger partial charge in [0, 0.05) is 32.5 Å². The molecule has 1 amide bonds. The van der Waals surface area contributed by atoms with E-state index in [0.29, 0.717) is 17.4 Å². The lowest BCUT2D eigenvalue weighted by molar-refractivity contribution is -0.121. The number of fused-ring (bicyclic) bond motifs is 3. The van der Waals surface area contributed by atoms with Crippen molar-refractivity contribution in [1.82, 2.24) is 20.1 Å². The molecule has 1 aliphatic heterocycles. The van der Waals surface area contributed by atoms with Crippen LogP contribution in [0.15, 0.2) is 88.1 Å². The molecule has 1 N–H and O–H groups in total. The summed E-state index contributed by atoms with van der Waals surface area (Å²) in [6.45, 7) is 14.2. The van der Waals surface area contributed by atoms with Crippen molar-refractivity contribution in [3.63, 3.8) is 0 Å². The Balaban J connectivity index is 0.00000195. The second-order valence-corrected chi connectivity index (χ2v) is 9.77. The Kier molecular flexibility index (Phi) is 10.7. The zero-order valence-electron chi connectivity index (χ0n) is 22.5. The maximum Gasteiger partial charge on any atom is 0.222 e. The predicted molar refractivity (Wildman–Crippen MR) is 160 cm³/mol. The lowest BCUT2D eigenvalue weighted by Crippen LogP contribution is -2.25. The summed E-state index contributed by atoms with van der Waals surface area (Å²) in [7, 11) is 0. The van der Waals surface area contributed by atoms with Gasteiger partial charge < -0.3 is 5.32 Å². The molecule has 0 aliphatic carbocycles. The molecule has 0 saturated heterocycles. The molecule has 4 rings (SSSR count). The molecule has 38 heavy (non-hydrogen) atoms. The number of halogens is 1. The molecule has 6 nitrogen and oxygen atoms in total. The summed E-state index contributed by atoms with van der Waals surface area (Å²) in [4.78, 5) is 19.9. The molecule has 0 bridgehead atoms. The largest absolute Gasteiger partial charge is 0.356 e. The van der Waals surface area contributed by atoms with Gasteiger partial charge in [-0.3, -0.25) is 14.4 Å². The highest BCUT2D eigenvalue weighted by atomic mass is 35.5. The van der Waals surface area contributed by atoms with Crippen molar-refractivity contribution in [3.8, 4) is 5.69 Å². The molecule has 1 aliphatic rings. The van der Waals surface area contributed by atoms with Gasteiger partial charge in [-0.05, 0) is 57.2 Å². The molecule has 8 heteroatoms. The van der Waals surface area contributed by atoms with Crippen LogP contribution in [0.5, 0.6) is 0 Å². The minimum Gasteiger partial charge on any atom is -0.356 e. The number of benzene rings is 2. The van der Waals surface area contributed by atoms with Crippen molar-refractivity contribution in [3.05, 3.63) is 106 Å². The van der Waals surface area contributed by atoms with E-state index in [1.165, 1.54) is 0 Å². The van der Waals surface area contributed by atoms with Gasteiger partial charge in [0.15, 0.2) is 5.82 Å². The maximum atomic E-state index is 12.6. The molecule has 198 valence electrons. The van der Waals surface area contributed by atoms with Gasteiger partial charge in [0.1, 0.15) is 11.9 Å². The molecule has 1 aromatic heterocycles. The van der Waals surface area contributed by atoms with Gasteiger partial charge in [-0.25, -0.2) is 0 Å². The topological polar surface area (TPSA) is 72.2 Å². The highest BCUT2D eigenvalue weighted by Gasteiger charge is 2.29. The summed E-state index contributed by atoms with van der Waals surface area (Å²) in [5.74, 6) is 1.30. The Hall–Kier alpha value is -3.42. The van der Waals surface area contributed by atoms with Gasteiger partial charge in [0.05, 0.1) is 17.8 Å². The normalized spacial score (nSPS) is 14.5. The molecule has 2 aromatic carbocycles. The fourth-order valence-electron chi connectivity index (χ4n) is 4.10. The van der Waals surface area contributed by atoms with Crippen LogP contribution in [0.3, 0.4) is 0 Å². The monoisotopic (exact) mass is 547 g/mol. The smallest absolute Gasteiger partial charge is 0.222 e. The number of aromatic nitrogens is 3. The summed E-state index contributed by atoms with van der Waals surface area (Å²) < 4.78 is 2.01. The molecule has 0 fully saturated rings. The first-order chi connectivity index (χ1) is 18.4. The molecule has 3 aromatic rings. The van der Waals surface area contributed by atoms with Crippen molar-refractivity contribution in [2.24, 2.45) is 4.99 Å². The van der Waals surface area contributed by atoms with Gasteiger partial charge in [-0.1, -0.05) is 74.2 Å². The van der Waals surface area contributed by atoms with E-state index in [0.717, 1.165) is 38.2 Å². The van der Waals surface area contributed by atoms with Crippen LogP contribution in [-0.4, -0.2) is 32.9 Å². The van der Waals surface area contributed by atoms with Crippen LogP contribution in [0.25, 0.3) is 5.69 Å². The van der Waals surface area contributed by atoms with Crippen molar-refractivity contribution in [2.45, 2.75) is 52.0 Å². The van der Waals surface area contributed by atoms with Crippen LogP contribution in [0, 0.1) is 6.92 Å². The zero-order chi connectivity index (χ0) is 27.7. The van der Waals surface area contributed by atoms with Gasteiger partial charge >= 0.3 is 0 Å².